The minimum atomic E-state index is -0.503. The first-order chi connectivity index (χ1) is 9.28. The Morgan fingerprint density at radius 3 is 2.79 bits per heavy atom. The van der Waals surface area contributed by atoms with Crippen LogP contribution in [-0.4, -0.2) is 20.2 Å². The zero-order valence-corrected chi connectivity index (χ0v) is 9.79. The fraction of sp³-hybridized carbons (Fsp3) is 0.0769. The molecule has 0 fully saturated rings. The van der Waals surface area contributed by atoms with E-state index in [0.29, 0.717) is 16.7 Å². The van der Waals surface area contributed by atoms with Crippen LogP contribution in [0.5, 0.6) is 0 Å². The fourth-order valence-corrected chi connectivity index (χ4v) is 2.01. The molecule has 2 N–H and O–H groups in total. The molecule has 1 unspecified atom stereocenters. The highest BCUT2D eigenvalue weighted by Crippen LogP contribution is 2.23. The maximum atomic E-state index is 11.2. The van der Waals surface area contributed by atoms with Gasteiger partial charge in [0, 0.05) is 6.20 Å². The van der Waals surface area contributed by atoms with E-state index in [0.717, 1.165) is 5.56 Å². The van der Waals surface area contributed by atoms with Gasteiger partial charge in [0.15, 0.2) is 0 Å². The van der Waals surface area contributed by atoms with E-state index in [2.05, 4.69) is 26.2 Å². The van der Waals surface area contributed by atoms with Crippen molar-refractivity contribution in [2.24, 2.45) is 0 Å². The summed E-state index contributed by atoms with van der Waals surface area (Å²) in [6, 6.07) is 11.0. The topological polar surface area (TPSA) is 98.2 Å². The Balaban J connectivity index is 2.12. The molecule has 19 heavy (non-hydrogen) atoms. The largest absolute Gasteiger partial charge is 0.323 e. The monoisotopic (exact) mass is 251 g/mol. The van der Waals surface area contributed by atoms with E-state index in [9.17, 15) is 10.1 Å². The van der Waals surface area contributed by atoms with Gasteiger partial charge >= 0.3 is 5.69 Å². The van der Waals surface area contributed by atoms with Crippen molar-refractivity contribution in [3.05, 3.63) is 58.3 Å². The molecule has 0 saturated heterocycles. The van der Waals surface area contributed by atoms with Crippen molar-refractivity contribution in [2.45, 2.75) is 5.92 Å². The van der Waals surface area contributed by atoms with Gasteiger partial charge in [0.05, 0.1) is 22.8 Å². The number of nitrogens with one attached hydrogen (secondary N) is 2. The van der Waals surface area contributed by atoms with Gasteiger partial charge in [-0.1, -0.05) is 6.07 Å². The van der Waals surface area contributed by atoms with Gasteiger partial charge in [-0.2, -0.15) is 15.5 Å². The molecule has 0 aliphatic heterocycles. The molecule has 2 aromatic heterocycles. The second-order valence-corrected chi connectivity index (χ2v) is 4.09. The number of hydrogen-bond donors (Lipinski definition) is 2. The molecule has 2 heterocycles. The van der Waals surface area contributed by atoms with Gasteiger partial charge in [-0.25, -0.2) is 4.79 Å². The molecule has 3 aromatic rings. The maximum Gasteiger partial charge on any atom is 0.323 e. The van der Waals surface area contributed by atoms with Crippen molar-refractivity contribution in [1.29, 1.82) is 5.26 Å². The molecule has 1 atom stereocenters. The molecular weight excluding hydrogens is 242 g/mol. The number of H-pyrrole nitrogens is 2. The Bertz CT molecular complexity index is 812. The molecule has 0 aliphatic rings. The molecule has 3 rings (SSSR count). The SMILES string of the molecule is N#CC(c1ccc2[nH]c(=O)[nH]c2c1)c1cccnn1. The molecule has 92 valence electrons. The molecule has 6 nitrogen and oxygen atoms in total. The summed E-state index contributed by atoms with van der Waals surface area (Å²) in [5, 5.41) is 17.1. The number of hydrogen-bond acceptors (Lipinski definition) is 4. The standard InChI is InChI=1S/C13H9N5O/c14-7-9(10-2-1-5-15-18-10)8-3-4-11-12(6-8)17-13(19)16-11/h1-6,9H,(H2,16,17,19). The zero-order chi connectivity index (χ0) is 13.2. The van der Waals surface area contributed by atoms with Gasteiger partial charge in [-0.3, -0.25) is 0 Å². The summed E-state index contributed by atoms with van der Waals surface area (Å²) < 4.78 is 0. The van der Waals surface area contributed by atoms with Crippen LogP contribution < -0.4 is 5.69 Å². The van der Waals surface area contributed by atoms with Gasteiger partial charge in [0.25, 0.3) is 0 Å². The van der Waals surface area contributed by atoms with E-state index in [1.165, 1.54) is 0 Å². The first-order valence-electron chi connectivity index (χ1n) is 5.67. The highest BCUT2D eigenvalue weighted by molar-refractivity contribution is 5.75. The van der Waals surface area contributed by atoms with Crippen LogP contribution in [0.3, 0.4) is 0 Å². The van der Waals surface area contributed by atoms with Crippen LogP contribution in [0, 0.1) is 11.3 Å². The van der Waals surface area contributed by atoms with E-state index >= 15 is 0 Å². The molecule has 0 aliphatic carbocycles. The lowest BCUT2D eigenvalue weighted by molar-refractivity contribution is 0.885. The van der Waals surface area contributed by atoms with Gasteiger partial charge in [0.2, 0.25) is 0 Å². The second kappa shape index (κ2) is 4.38. The molecule has 0 radical (unpaired) electrons. The maximum absolute atomic E-state index is 11.2. The summed E-state index contributed by atoms with van der Waals surface area (Å²) in [5.41, 5.74) is 2.48. The Morgan fingerprint density at radius 1 is 1.21 bits per heavy atom. The van der Waals surface area contributed by atoms with Gasteiger partial charge < -0.3 is 9.97 Å². The number of fused-ring (bicyclic) bond motifs is 1. The lowest BCUT2D eigenvalue weighted by atomic mass is 9.96. The van der Waals surface area contributed by atoms with E-state index in [-0.39, 0.29) is 5.69 Å². The highest BCUT2D eigenvalue weighted by Gasteiger charge is 2.15. The van der Waals surface area contributed by atoms with Crippen molar-refractivity contribution >= 4 is 11.0 Å². The summed E-state index contributed by atoms with van der Waals surface area (Å²) in [7, 11) is 0. The Labute approximate surface area is 107 Å². The highest BCUT2D eigenvalue weighted by atomic mass is 16.1. The van der Waals surface area contributed by atoms with Crippen molar-refractivity contribution in [1.82, 2.24) is 20.2 Å². The Kier molecular flexibility index (Phi) is 2.58. The lowest BCUT2D eigenvalue weighted by Gasteiger charge is -2.07. The number of aromatic nitrogens is 4. The lowest BCUT2D eigenvalue weighted by Crippen LogP contribution is -2.02. The van der Waals surface area contributed by atoms with E-state index in [1.807, 2.05) is 0 Å². The molecule has 0 saturated carbocycles. The normalized spacial score (nSPS) is 12.2. The summed E-state index contributed by atoms with van der Waals surface area (Å²) >= 11 is 0. The minimum absolute atomic E-state index is 0.264. The smallest absolute Gasteiger partial charge is 0.306 e. The summed E-state index contributed by atoms with van der Waals surface area (Å²) in [5.74, 6) is -0.503. The molecular formula is C13H9N5O. The number of nitriles is 1. The number of imidazole rings is 1. The number of benzene rings is 1. The average molecular weight is 251 g/mol. The summed E-state index contributed by atoms with van der Waals surface area (Å²) in [6.45, 7) is 0. The van der Waals surface area contributed by atoms with Crippen LogP contribution in [0.1, 0.15) is 17.2 Å². The van der Waals surface area contributed by atoms with Crippen LogP contribution in [-0.2, 0) is 0 Å². The third kappa shape index (κ3) is 1.98. The molecule has 0 amide bonds. The van der Waals surface area contributed by atoms with Gasteiger partial charge in [-0.15, -0.1) is 0 Å². The van der Waals surface area contributed by atoms with Gasteiger partial charge in [0.1, 0.15) is 5.92 Å². The number of rotatable bonds is 2. The van der Waals surface area contributed by atoms with Crippen LogP contribution in [0.4, 0.5) is 0 Å². The van der Waals surface area contributed by atoms with Crippen LogP contribution >= 0.6 is 0 Å². The Morgan fingerprint density at radius 2 is 2.05 bits per heavy atom. The third-order valence-electron chi connectivity index (χ3n) is 2.89. The van der Waals surface area contributed by atoms with Crippen LogP contribution in [0.25, 0.3) is 11.0 Å². The predicted molar refractivity (Wildman–Crippen MR) is 68.4 cm³/mol. The number of nitrogens with zero attached hydrogens (tertiary/aromatic N) is 3. The number of aromatic amines is 2. The van der Waals surface area contributed by atoms with Crippen molar-refractivity contribution in [3.63, 3.8) is 0 Å². The quantitative estimate of drug-likeness (QED) is 0.717. The van der Waals surface area contributed by atoms with Crippen molar-refractivity contribution < 1.29 is 0 Å². The Hall–Kier alpha value is -2.94. The van der Waals surface area contributed by atoms with Crippen LogP contribution in [0.2, 0.25) is 0 Å². The van der Waals surface area contributed by atoms with Crippen molar-refractivity contribution in [2.75, 3.05) is 0 Å². The molecule has 6 heteroatoms. The third-order valence-corrected chi connectivity index (χ3v) is 2.89. The fourth-order valence-electron chi connectivity index (χ4n) is 2.01. The zero-order valence-electron chi connectivity index (χ0n) is 9.79. The average Bonchev–Trinajstić information content (AvgIpc) is 2.80. The molecule has 1 aromatic carbocycles. The molecule has 0 bridgehead atoms. The van der Waals surface area contributed by atoms with E-state index < -0.39 is 5.92 Å². The first-order valence-corrected chi connectivity index (χ1v) is 5.67. The van der Waals surface area contributed by atoms with Crippen molar-refractivity contribution in [3.8, 4) is 6.07 Å². The van der Waals surface area contributed by atoms with E-state index in [1.54, 1.807) is 36.5 Å². The molecule has 0 spiro atoms. The van der Waals surface area contributed by atoms with Crippen LogP contribution in [0.15, 0.2) is 41.3 Å². The summed E-state index contributed by atoms with van der Waals surface area (Å²) in [6.07, 6.45) is 1.56. The second-order valence-electron chi connectivity index (χ2n) is 4.09. The minimum Gasteiger partial charge on any atom is -0.306 e. The van der Waals surface area contributed by atoms with E-state index in [4.69, 9.17) is 0 Å². The van der Waals surface area contributed by atoms with Gasteiger partial charge in [-0.05, 0) is 29.8 Å². The predicted octanol–water partition coefficient (Wildman–Crippen LogP) is 1.30. The summed E-state index contributed by atoms with van der Waals surface area (Å²) in [4.78, 5) is 16.5. The first kappa shape index (κ1) is 11.2.